The van der Waals surface area contributed by atoms with Crippen LogP contribution >= 0.6 is 0 Å². The zero-order valence-corrected chi connectivity index (χ0v) is 12.4. The first kappa shape index (κ1) is 14.1. The zero-order valence-electron chi connectivity index (χ0n) is 12.4. The molecule has 1 saturated heterocycles. The summed E-state index contributed by atoms with van der Waals surface area (Å²) in [6.07, 6.45) is 1.06. The van der Waals surface area contributed by atoms with Crippen LogP contribution < -0.4 is 0 Å². The number of carbonyl (C=O) groups excluding carboxylic acids is 1. The van der Waals surface area contributed by atoms with Crippen LogP contribution in [0.25, 0.3) is 0 Å². The lowest BCUT2D eigenvalue weighted by Gasteiger charge is -2.40. The van der Waals surface area contributed by atoms with Gasteiger partial charge in [0.15, 0.2) is 0 Å². The molecular formula is C16H24N2O. The number of hydrogen-bond acceptors (Lipinski definition) is 2. The van der Waals surface area contributed by atoms with Crippen molar-refractivity contribution in [3.05, 3.63) is 35.4 Å². The van der Waals surface area contributed by atoms with E-state index >= 15 is 0 Å². The van der Waals surface area contributed by atoms with Crippen LogP contribution in [0.5, 0.6) is 0 Å². The molecule has 1 aromatic rings. The fourth-order valence-corrected chi connectivity index (χ4v) is 2.97. The molecule has 3 nitrogen and oxygen atoms in total. The molecule has 19 heavy (non-hydrogen) atoms. The van der Waals surface area contributed by atoms with E-state index in [1.807, 2.05) is 43.1 Å². The van der Waals surface area contributed by atoms with Crippen LogP contribution in [0.1, 0.15) is 29.3 Å². The molecule has 0 bridgehead atoms. The van der Waals surface area contributed by atoms with Crippen molar-refractivity contribution in [3.63, 3.8) is 0 Å². The Bertz CT molecular complexity index is 441. The average molecular weight is 260 g/mol. The maximum atomic E-state index is 12.5. The first-order chi connectivity index (χ1) is 8.99. The van der Waals surface area contributed by atoms with E-state index in [-0.39, 0.29) is 5.91 Å². The molecule has 0 N–H and O–H groups in total. The van der Waals surface area contributed by atoms with Gasteiger partial charge in [0.1, 0.15) is 0 Å². The van der Waals surface area contributed by atoms with Crippen molar-refractivity contribution in [2.45, 2.75) is 26.3 Å². The largest absolute Gasteiger partial charge is 0.338 e. The van der Waals surface area contributed by atoms with Gasteiger partial charge in [-0.15, -0.1) is 0 Å². The van der Waals surface area contributed by atoms with Gasteiger partial charge in [-0.05, 0) is 45.0 Å². The van der Waals surface area contributed by atoms with Crippen molar-refractivity contribution in [1.82, 2.24) is 9.80 Å². The summed E-state index contributed by atoms with van der Waals surface area (Å²) >= 11 is 0. The van der Waals surface area contributed by atoms with Gasteiger partial charge in [0.25, 0.3) is 5.91 Å². The third-order valence-electron chi connectivity index (χ3n) is 4.18. The number of aryl methyl sites for hydroxylation is 1. The normalized spacial score (nSPS) is 24.2. The van der Waals surface area contributed by atoms with E-state index in [9.17, 15) is 4.79 Å². The smallest absolute Gasteiger partial charge is 0.253 e. The number of piperidine rings is 1. The lowest BCUT2D eigenvalue weighted by Crippen LogP contribution is -2.49. The summed E-state index contributed by atoms with van der Waals surface area (Å²) in [5.41, 5.74) is 1.98. The predicted molar refractivity (Wildman–Crippen MR) is 78.3 cm³/mol. The Morgan fingerprint density at radius 2 is 1.95 bits per heavy atom. The first-order valence-electron chi connectivity index (χ1n) is 7.01. The zero-order chi connectivity index (χ0) is 14.0. The fraction of sp³-hybridized carbons (Fsp3) is 0.562. The van der Waals surface area contributed by atoms with Crippen LogP contribution in [0, 0.1) is 12.8 Å². The van der Waals surface area contributed by atoms with Gasteiger partial charge in [0, 0.05) is 25.2 Å². The molecule has 0 aromatic heterocycles. The second-order valence-electron chi connectivity index (χ2n) is 5.88. The molecule has 2 atom stereocenters. The van der Waals surface area contributed by atoms with Crippen molar-refractivity contribution < 1.29 is 4.79 Å². The van der Waals surface area contributed by atoms with E-state index in [0.29, 0.717) is 12.0 Å². The summed E-state index contributed by atoms with van der Waals surface area (Å²) in [7, 11) is 4.09. The second-order valence-corrected chi connectivity index (χ2v) is 5.88. The molecule has 3 heteroatoms. The molecule has 0 saturated carbocycles. The molecule has 1 heterocycles. The topological polar surface area (TPSA) is 23.6 Å². The van der Waals surface area contributed by atoms with E-state index in [1.54, 1.807) is 0 Å². The lowest BCUT2D eigenvalue weighted by atomic mass is 9.92. The Morgan fingerprint density at radius 3 is 2.53 bits per heavy atom. The molecular weight excluding hydrogens is 236 g/mol. The SMILES string of the molecule is Cc1ccc(C(=O)N(C)C2CCN(C)CC2C)cc1. The summed E-state index contributed by atoms with van der Waals surface area (Å²) < 4.78 is 0. The second kappa shape index (κ2) is 5.74. The highest BCUT2D eigenvalue weighted by atomic mass is 16.2. The molecule has 0 radical (unpaired) electrons. The van der Waals surface area contributed by atoms with Crippen LogP contribution in [0.2, 0.25) is 0 Å². The third kappa shape index (κ3) is 3.16. The number of benzene rings is 1. The van der Waals surface area contributed by atoms with Crippen LogP contribution in [0.15, 0.2) is 24.3 Å². The van der Waals surface area contributed by atoms with E-state index in [4.69, 9.17) is 0 Å². The van der Waals surface area contributed by atoms with E-state index in [2.05, 4.69) is 18.9 Å². The molecule has 1 aliphatic rings. The van der Waals surface area contributed by atoms with Crippen LogP contribution in [0.4, 0.5) is 0 Å². The summed E-state index contributed by atoms with van der Waals surface area (Å²) in [5, 5.41) is 0. The van der Waals surface area contributed by atoms with Gasteiger partial charge in [-0.2, -0.15) is 0 Å². The summed E-state index contributed by atoms with van der Waals surface area (Å²) in [6, 6.07) is 8.20. The molecule has 1 amide bonds. The highest BCUT2D eigenvalue weighted by Crippen LogP contribution is 2.21. The highest BCUT2D eigenvalue weighted by Gasteiger charge is 2.30. The number of hydrogen-bond donors (Lipinski definition) is 0. The van der Waals surface area contributed by atoms with Gasteiger partial charge >= 0.3 is 0 Å². The van der Waals surface area contributed by atoms with Crippen molar-refractivity contribution in [1.29, 1.82) is 0 Å². The first-order valence-corrected chi connectivity index (χ1v) is 7.01. The monoisotopic (exact) mass is 260 g/mol. The van der Waals surface area contributed by atoms with Crippen LogP contribution in [0.3, 0.4) is 0 Å². The minimum atomic E-state index is 0.140. The predicted octanol–water partition coefficient (Wildman–Crippen LogP) is 2.41. The van der Waals surface area contributed by atoms with Crippen molar-refractivity contribution >= 4 is 5.91 Å². The Labute approximate surface area is 116 Å². The minimum Gasteiger partial charge on any atom is -0.338 e. The molecule has 2 rings (SSSR count). The average Bonchev–Trinajstić information content (AvgIpc) is 2.38. The van der Waals surface area contributed by atoms with E-state index < -0.39 is 0 Å². The minimum absolute atomic E-state index is 0.140. The lowest BCUT2D eigenvalue weighted by molar-refractivity contribution is 0.0549. The van der Waals surface area contributed by atoms with Gasteiger partial charge in [-0.25, -0.2) is 0 Å². The maximum absolute atomic E-state index is 12.5. The molecule has 104 valence electrons. The fourth-order valence-electron chi connectivity index (χ4n) is 2.97. The molecule has 1 aromatic carbocycles. The van der Waals surface area contributed by atoms with Crippen molar-refractivity contribution in [3.8, 4) is 0 Å². The number of likely N-dealkylation sites (tertiary alicyclic amines) is 1. The Balaban J connectivity index is 2.08. The highest BCUT2D eigenvalue weighted by molar-refractivity contribution is 5.94. The molecule has 2 unspecified atom stereocenters. The van der Waals surface area contributed by atoms with Gasteiger partial charge in [-0.3, -0.25) is 4.79 Å². The Kier molecular flexibility index (Phi) is 4.25. The quantitative estimate of drug-likeness (QED) is 0.815. The third-order valence-corrected chi connectivity index (χ3v) is 4.18. The summed E-state index contributed by atoms with van der Waals surface area (Å²) in [4.78, 5) is 16.8. The van der Waals surface area contributed by atoms with Gasteiger partial charge in [0.05, 0.1) is 0 Å². The van der Waals surface area contributed by atoms with E-state index in [0.717, 1.165) is 25.1 Å². The Morgan fingerprint density at radius 1 is 1.32 bits per heavy atom. The molecule has 0 aliphatic carbocycles. The van der Waals surface area contributed by atoms with Crippen LogP contribution in [-0.4, -0.2) is 48.9 Å². The van der Waals surface area contributed by atoms with E-state index in [1.165, 1.54) is 5.56 Å². The number of rotatable bonds is 2. The summed E-state index contributed by atoms with van der Waals surface area (Å²) in [6.45, 7) is 6.41. The van der Waals surface area contributed by atoms with Gasteiger partial charge in [-0.1, -0.05) is 24.6 Å². The standard InChI is InChI=1S/C16H24N2O/c1-12-5-7-14(8-6-12)16(19)18(4)15-9-10-17(3)11-13(15)2/h5-8,13,15H,9-11H2,1-4H3. The van der Waals surface area contributed by atoms with Gasteiger partial charge in [0.2, 0.25) is 0 Å². The van der Waals surface area contributed by atoms with Crippen molar-refractivity contribution in [2.24, 2.45) is 5.92 Å². The van der Waals surface area contributed by atoms with Crippen LogP contribution in [-0.2, 0) is 0 Å². The maximum Gasteiger partial charge on any atom is 0.253 e. The number of carbonyl (C=O) groups is 1. The number of nitrogens with zero attached hydrogens (tertiary/aromatic N) is 2. The van der Waals surface area contributed by atoms with Gasteiger partial charge < -0.3 is 9.80 Å². The number of amides is 1. The van der Waals surface area contributed by atoms with Crippen molar-refractivity contribution in [2.75, 3.05) is 27.2 Å². The molecule has 1 aliphatic heterocycles. The Hall–Kier alpha value is -1.35. The molecule has 1 fully saturated rings. The molecule has 0 spiro atoms. The summed E-state index contributed by atoms with van der Waals surface area (Å²) in [5.74, 6) is 0.666.